The highest BCUT2D eigenvalue weighted by molar-refractivity contribution is 5.26. The van der Waals surface area contributed by atoms with E-state index < -0.39 is 0 Å². The van der Waals surface area contributed by atoms with E-state index in [1.54, 1.807) is 0 Å². The lowest BCUT2D eigenvalue weighted by Crippen LogP contribution is -2.34. The summed E-state index contributed by atoms with van der Waals surface area (Å²) in [5.41, 5.74) is 1.43. The fourth-order valence-corrected chi connectivity index (χ4v) is 1.43. The van der Waals surface area contributed by atoms with Gasteiger partial charge in [0.1, 0.15) is 5.75 Å². The molecule has 0 fully saturated rings. The number of hydrogen-bond donors (Lipinski definition) is 1. The van der Waals surface area contributed by atoms with Gasteiger partial charge in [-0.15, -0.1) is 0 Å². The molecule has 1 rings (SSSR count). The maximum absolute atomic E-state index is 5.78. The Balaban J connectivity index is 2.41. The number of ether oxygens (including phenoxy) is 1. The van der Waals surface area contributed by atoms with Crippen molar-refractivity contribution in [3.8, 4) is 5.75 Å². The molecule has 0 aromatic heterocycles. The van der Waals surface area contributed by atoms with Crippen LogP contribution in [-0.4, -0.2) is 19.7 Å². The van der Waals surface area contributed by atoms with Crippen LogP contribution in [0, 0.1) is 12.3 Å². The molecule has 0 spiro atoms. The van der Waals surface area contributed by atoms with Gasteiger partial charge in [-0.2, -0.15) is 0 Å². The molecular weight excluding hydrogens is 198 g/mol. The van der Waals surface area contributed by atoms with Crippen molar-refractivity contribution in [2.45, 2.75) is 27.7 Å². The van der Waals surface area contributed by atoms with Crippen molar-refractivity contribution in [2.75, 3.05) is 19.7 Å². The molecule has 0 aliphatic carbocycles. The summed E-state index contributed by atoms with van der Waals surface area (Å²) in [6.07, 6.45) is 0. The lowest BCUT2D eigenvalue weighted by Gasteiger charge is -2.25. The van der Waals surface area contributed by atoms with E-state index in [9.17, 15) is 0 Å². The Morgan fingerprint density at radius 2 is 1.81 bits per heavy atom. The highest BCUT2D eigenvalue weighted by atomic mass is 16.5. The number of benzene rings is 1. The minimum absolute atomic E-state index is 0.168. The number of hydrogen-bond acceptors (Lipinski definition) is 2. The molecule has 0 aliphatic heterocycles. The van der Waals surface area contributed by atoms with Crippen LogP contribution in [0.5, 0.6) is 5.75 Å². The van der Waals surface area contributed by atoms with Crippen molar-refractivity contribution in [3.63, 3.8) is 0 Å². The largest absolute Gasteiger partial charge is 0.493 e. The molecule has 0 heterocycles. The second-order valence-corrected chi connectivity index (χ2v) is 5.05. The van der Waals surface area contributed by atoms with Crippen molar-refractivity contribution in [2.24, 2.45) is 5.41 Å². The summed E-state index contributed by atoms with van der Waals surface area (Å²) in [6.45, 7) is 11.4. The van der Waals surface area contributed by atoms with E-state index in [4.69, 9.17) is 4.74 Å². The predicted molar refractivity (Wildman–Crippen MR) is 69.0 cm³/mol. The van der Waals surface area contributed by atoms with Gasteiger partial charge >= 0.3 is 0 Å². The van der Waals surface area contributed by atoms with E-state index >= 15 is 0 Å². The second-order valence-electron chi connectivity index (χ2n) is 5.05. The number of nitrogens with one attached hydrogen (secondary N) is 1. The van der Waals surface area contributed by atoms with Crippen LogP contribution in [-0.2, 0) is 0 Å². The van der Waals surface area contributed by atoms with Crippen molar-refractivity contribution >= 4 is 0 Å². The summed E-state index contributed by atoms with van der Waals surface area (Å²) in [6, 6.07) is 8.20. The average Bonchev–Trinajstić information content (AvgIpc) is 2.26. The molecule has 1 aromatic rings. The fraction of sp³-hybridized carbons (Fsp3) is 0.571. The predicted octanol–water partition coefficient (Wildman–Crippen LogP) is 3.01. The van der Waals surface area contributed by atoms with Gasteiger partial charge in [-0.25, -0.2) is 0 Å². The molecule has 0 saturated heterocycles. The van der Waals surface area contributed by atoms with Gasteiger partial charge in [-0.3, -0.25) is 0 Å². The van der Waals surface area contributed by atoms with Crippen LogP contribution in [0.1, 0.15) is 26.3 Å². The Bertz CT molecular complexity index is 303. The molecule has 1 aromatic carbocycles. The van der Waals surface area contributed by atoms with Gasteiger partial charge in [0, 0.05) is 12.0 Å². The summed E-state index contributed by atoms with van der Waals surface area (Å²) in [5.74, 6) is 0.954. The van der Waals surface area contributed by atoms with Gasteiger partial charge in [0.05, 0.1) is 6.61 Å². The van der Waals surface area contributed by atoms with Crippen LogP contribution in [0.15, 0.2) is 24.3 Å². The van der Waals surface area contributed by atoms with Crippen molar-refractivity contribution in [3.05, 3.63) is 29.8 Å². The second kappa shape index (κ2) is 5.90. The van der Waals surface area contributed by atoms with Crippen LogP contribution in [0.4, 0.5) is 0 Å². The van der Waals surface area contributed by atoms with Crippen molar-refractivity contribution in [1.82, 2.24) is 5.32 Å². The fourth-order valence-electron chi connectivity index (χ4n) is 1.43. The molecule has 90 valence electrons. The zero-order valence-corrected chi connectivity index (χ0v) is 10.8. The zero-order chi connectivity index (χ0) is 12.0. The third-order valence-corrected chi connectivity index (χ3v) is 2.50. The molecule has 0 bridgehead atoms. The summed E-state index contributed by atoms with van der Waals surface area (Å²) >= 11 is 0. The molecule has 1 N–H and O–H groups in total. The zero-order valence-electron chi connectivity index (χ0n) is 10.8. The number of aryl methyl sites for hydroxylation is 1. The quantitative estimate of drug-likeness (QED) is 0.797. The standard InChI is InChI=1S/C14H23NO/c1-5-15-10-14(3,4)11-16-13-8-6-12(2)7-9-13/h6-9,15H,5,10-11H2,1-4H3. The Morgan fingerprint density at radius 3 is 2.38 bits per heavy atom. The van der Waals surface area contributed by atoms with Gasteiger partial charge in [-0.05, 0) is 25.6 Å². The van der Waals surface area contributed by atoms with Crippen LogP contribution in [0.2, 0.25) is 0 Å². The lowest BCUT2D eigenvalue weighted by molar-refractivity contribution is 0.177. The first kappa shape index (κ1) is 13.0. The molecule has 0 radical (unpaired) electrons. The highest BCUT2D eigenvalue weighted by Crippen LogP contribution is 2.18. The van der Waals surface area contributed by atoms with Gasteiger partial charge in [0.15, 0.2) is 0 Å². The molecule has 16 heavy (non-hydrogen) atoms. The molecule has 2 heteroatoms. The summed E-state index contributed by atoms with van der Waals surface area (Å²) in [5, 5.41) is 3.35. The molecular formula is C14H23NO. The Kier molecular flexibility index (Phi) is 4.81. The SMILES string of the molecule is CCNCC(C)(C)COc1ccc(C)cc1. The van der Waals surface area contributed by atoms with Crippen molar-refractivity contribution in [1.29, 1.82) is 0 Å². The van der Waals surface area contributed by atoms with E-state index in [1.807, 2.05) is 12.1 Å². The molecule has 0 saturated carbocycles. The minimum atomic E-state index is 0.168. The highest BCUT2D eigenvalue weighted by Gasteiger charge is 2.17. The van der Waals surface area contributed by atoms with Crippen LogP contribution >= 0.6 is 0 Å². The van der Waals surface area contributed by atoms with E-state index in [-0.39, 0.29) is 5.41 Å². The van der Waals surface area contributed by atoms with E-state index in [2.05, 4.69) is 45.1 Å². The normalized spacial score (nSPS) is 11.5. The first-order valence-electron chi connectivity index (χ1n) is 5.94. The lowest BCUT2D eigenvalue weighted by atomic mass is 9.95. The van der Waals surface area contributed by atoms with Crippen LogP contribution in [0.3, 0.4) is 0 Å². The van der Waals surface area contributed by atoms with Crippen LogP contribution < -0.4 is 10.1 Å². The summed E-state index contributed by atoms with van der Waals surface area (Å²) in [7, 11) is 0. The van der Waals surface area contributed by atoms with Crippen LogP contribution in [0.25, 0.3) is 0 Å². The maximum Gasteiger partial charge on any atom is 0.119 e. The van der Waals surface area contributed by atoms with Crippen molar-refractivity contribution < 1.29 is 4.74 Å². The Labute approximate surface area is 99.0 Å². The summed E-state index contributed by atoms with van der Waals surface area (Å²) in [4.78, 5) is 0. The topological polar surface area (TPSA) is 21.3 Å². The molecule has 0 unspecified atom stereocenters. The first-order chi connectivity index (χ1) is 7.53. The molecule has 0 aliphatic rings. The molecule has 0 atom stereocenters. The first-order valence-corrected chi connectivity index (χ1v) is 5.94. The Morgan fingerprint density at radius 1 is 1.19 bits per heavy atom. The minimum Gasteiger partial charge on any atom is -0.493 e. The van der Waals surface area contributed by atoms with Gasteiger partial charge < -0.3 is 10.1 Å². The van der Waals surface area contributed by atoms with Gasteiger partial charge in [0.25, 0.3) is 0 Å². The summed E-state index contributed by atoms with van der Waals surface area (Å²) < 4.78 is 5.78. The van der Waals surface area contributed by atoms with Gasteiger partial charge in [-0.1, -0.05) is 38.5 Å². The van der Waals surface area contributed by atoms with E-state index in [0.717, 1.165) is 25.4 Å². The smallest absolute Gasteiger partial charge is 0.119 e. The third kappa shape index (κ3) is 4.67. The monoisotopic (exact) mass is 221 g/mol. The molecule has 2 nitrogen and oxygen atoms in total. The molecule has 0 amide bonds. The number of rotatable bonds is 6. The van der Waals surface area contributed by atoms with Gasteiger partial charge in [0.2, 0.25) is 0 Å². The average molecular weight is 221 g/mol. The third-order valence-electron chi connectivity index (χ3n) is 2.50. The van der Waals surface area contributed by atoms with E-state index in [1.165, 1.54) is 5.56 Å². The maximum atomic E-state index is 5.78. The Hall–Kier alpha value is -1.02. The van der Waals surface area contributed by atoms with E-state index in [0.29, 0.717) is 0 Å².